The van der Waals surface area contributed by atoms with Crippen LogP contribution in [0, 0.1) is 50.2 Å². The van der Waals surface area contributed by atoms with Gasteiger partial charge >= 0.3 is 23.9 Å². The Balaban J connectivity index is 0.755. The van der Waals surface area contributed by atoms with E-state index in [1.807, 2.05) is 40.7 Å². The van der Waals surface area contributed by atoms with E-state index in [-0.39, 0.29) is 55.9 Å². The summed E-state index contributed by atoms with van der Waals surface area (Å²) in [6.45, 7) is 17.5. The summed E-state index contributed by atoms with van der Waals surface area (Å²) in [6.07, 6.45) is -60.9. The van der Waals surface area contributed by atoms with Gasteiger partial charge in [0.2, 0.25) is 6.29 Å². The minimum Gasteiger partial charge on any atom is -0.463 e. The van der Waals surface area contributed by atoms with Crippen LogP contribution < -0.4 is 0 Å². The number of allylic oxidation sites excluding steroid dienone is 2. The number of ether oxygens (including phenoxy) is 19. The molecule has 748 valence electrons. The van der Waals surface area contributed by atoms with E-state index >= 15 is 4.79 Å². The molecule has 131 heavy (non-hydrogen) atoms. The fourth-order valence-corrected chi connectivity index (χ4v) is 22.6. The third kappa shape index (κ3) is 20.2. The first-order chi connectivity index (χ1) is 61.4. The van der Waals surface area contributed by atoms with Crippen LogP contribution in [0.1, 0.15) is 140 Å². The van der Waals surface area contributed by atoms with E-state index in [0.717, 1.165) is 13.8 Å². The number of carbonyl (C=O) groups excluding carboxylic acids is 4. The van der Waals surface area contributed by atoms with Crippen molar-refractivity contribution in [1.82, 2.24) is 0 Å². The molecule has 0 radical (unpaired) electrons. The van der Waals surface area contributed by atoms with Gasteiger partial charge in [-0.1, -0.05) is 72.3 Å². The minimum atomic E-state index is -2.19. The fraction of sp³-hybridized carbons (Fsp3) is 0.885. The summed E-state index contributed by atoms with van der Waals surface area (Å²) in [5.41, 5.74) is -7.11. The van der Waals surface area contributed by atoms with E-state index in [1.54, 1.807) is 0 Å². The predicted octanol–water partition coefficient (Wildman–Crippen LogP) is -6.25. The number of aliphatic hydroxyl groups excluding tert-OH is 20. The Labute approximate surface area is 755 Å². The molecule has 13 aliphatic rings. The number of fused-ring (bicyclic) bond motifs is 7. The van der Waals surface area contributed by atoms with E-state index in [9.17, 15) is 122 Å². The van der Waals surface area contributed by atoms with Crippen molar-refractivity contribution in [1.29, 1.82) is 0 Å². The maximum atomic E-state index is 16.3. The van der Waals surface area contributed by atoms with E-state index in [2.05, 4.69) is 20.4 Å². The van der Waals surface area contributed by atoms with Crippen LogP contribution in [0.2, 0.25) is 0 Å². The first-order valence-electron chi connectivity index (χ1n) is 45.0. The van der Waals surface area contributed by atoms with Crippen LogP contribution in [-0.2, 0) is 109 Å². The molecule has 0 aromatic heterocycles. The van der Waals surface area contributed by atoms with Crippen LogP contribution in [0.4, 0.5) is 0 Å². The lowest BCUT2D eigenvalue weighted by molar-refractivity contribution is -0.380. The highest BCUT2D eigenvalue weighted by Crippen LogP contribution is 2.76. The second-order valence-electron chi connectivity index (χ2n) is 40.0. The van der Waals surface area contributed by atoms with Gasteiger partial charge in [-0.25, -0.2) is 4.79 Å². The van der Waals surface area contributed by atoms with Crippen molar-refractivity contribution >= 4 is 23.9 Å². The Kier molecular flexibility index (Phi) is 32.4. The second-order valence-corrected chi connectivity index (χ2v) is 40.0. The molecular weight excluding hydrogens is 1750 g/mol. The molecule has 0 aromatic carbocycles. The standard InChI is InChI=1S/C87H136O44/c1-13-83(9,112)20-14-15-34(2)71(110)126-64-56(101)43(26-88)121-79(68(64)130-74-61(106)55(100)46(32-118-74)122-75-62(107)63(42(94)30-116-75)127-72-59(104)50(95)39(91)27-114-72)131-80(111)87-24-23-81(5,6)25-38(87)37-16-17-48-84(10)21-19-49(82(7,8)47(84)18-22-85(48,11)86(37,12)69(108)70(87)109)125-77-67(128-73-60(105)51(96)40(92)28-115-73)58(103)54(99)45(123-77)33-119-76-65(52(97)41(93)29-117-76)129-78-66(120-36(4)90)57(102)53(98)44(124-78)31-113-35(3)89/h13,15-16,38-70,72-79,88,91-109,112H,1,14,17-33H2,2-12H3/b34-15+. The number of carbonyl (C=O) groups is 4. The molecule has 8 saturated heterocycles. The highest BCUT2D eigenvalue weighted by atomic mass is 16.8. The third-order valence-corrected chi connectivity index (χ3v) is 30.7. The van der Waals surface area contributed by atoms with Crippen molar-refractivity contribution < 1.29 is 216 Å². The topological polar surface area (TPSA) is 668 Å². The predicted molar refractivity (Wildman–Crippen MR) is 433 cm³/mol. The average molecular weight is 1890 g/mol. The van der Waals surface area contributed by atoms with Crippen LogP contribution in [0.5, 0.6) is 0 Å². The summed E-state index contributed by atoms with van der Waals surface area (Å²) in [6, 6.07) is 0. The SMILES string of the molecule is C=CC(C)(O)CC/C=C(\C)C(=O)OC1C(O)C(CO)OC(OC(=O)C23CCC(C)(C)CC2C2=CCC4C5(C)CCC(OC6OC(COC7OCC(O)C(O)C7OC7OC(COC(C)=O)C(O)C(O)C7OC(C)=O)C(O)C(O)C6OC6OCC(O)C(O)C6O)C(C)(C)C5CCC4(C)C2(C)C(O)C3O)C1OC1OCC(OC2OCC(O)C(OC3OCC(O)C(O)C3O)C2O)C(O)C1O. The Bertz CT molecular complexity index is 3970. The Morgan fingerprint density at radius 3 is 1.61 bits per heavy atom. The summed E-state index contributed by atoms with van der Waals surface area (Å²) in [5.74, 6) is -5.47. The van der Waals surface area contributed by atoms with Gasteiger partial charge < -0.3 is 197 Å². The summed E-state index contributed by atoms with van der Waals surface area (Å²) < 4.78 is 113. The summed E-state index contributed by atoms with van der Waals surface area (Å²) in [4.78, 5) is 54.9. The van der Waals surface area contributed by atoms with E-state index in [0.29, 0.717) is 31.3 Å². The van der Waals surface area contributed by atoms with Crippen molar-refractivity contribution in [2.45, 2.75) is 379 Å². The number of esters is 4. The van der Waals surface area contributed by atoms with Crippen LogP contribution >= 0.6 is 0 Å². The normalized spacial score (nSPS) is 49.3. The zero-order valence-corrected chi connectivity index (χ0v) is 75.1. The first kappa shape index (κ1) is 104. The molecule has 0 aromatic rings. The van der Waals surface area contributed by atoms with Crippen LogP contribution in [0.15, 0.2) is 36.0 Å². The summed E-state index contributed by atoms with van der Waals surface area (Å²) in [5, 5.41) is 240. The molecule has 44 nitrogen and oxygen atoms in total. The molecule has 5 aliphatic carbocycles. The number of hydrogen-bond donors (Lipinski definition) is 21. The van der Waals surface area contributed by atoms with Crippen molar-refractivity contribution in [2.75, 3.05) is 52.9 Å². The smallest absolute Gasteiger partial charge is 0.333 e. The van der Waals surface area contributed by atoms with Gasteiger partial charge in [-0.2, -0.15) is 0 Å². The molecule has 12 fully saturated rings. The Hall–Kier alpha value is -4.34. The minimum absolute atomic E-state index is 0.0592. The monoisotopic (exact) mass is 1880 g/mol. The molecule has 8 heterocycles. The van der Waals surface area contributed by atoms with Crippen molar-refractivity contribution in [3.05, 3.63) is 36.0 Å². The average Bonchev–Trinajstić information content (AvgIpc) is 0.662. The van der Waals surface area contributed by atoms with Gasteiger partial charge in [-0.05, 0) is 117 Å². The maximum absolute atomic E-state index is 16.3. The second kappa shape index (κ2) is 40.8. The van der Waals surface area contributed by atoms with Crippen LogP contribution in [-0.4, -0.2) is 423 Å². The van der Waals surface area contributed by atoms with Gasteiger partial charge in [-0.3, -0.25) is 14.4 Å². The lowest BCUT2D eigenvalue weighted by atomic mass is 9.32. The lowest BCUT2D eigenvalue weighted by Crippen LogP contribution is -2.73. The number of hydrogen-bond acceptors (Lipinski definition) is 44. The summed E-state index contributed by atoms with van der Waals surface area (Å²) in [7, 11) is 0. The Morgan fingerprint density at radius 1 is 0.481 bits per heavy atom. The molecule has 46 unspecified atom stereocenters. The third-order valence-electron chi connectivity index (χ3n) is 30.7. The molecule has 46 atom stereocenters. The van der Waals surface area contributed by atoms with Gasteiger partial charge in [0.15, 0.2) is 62.3 Å². The largest absolute Gasteiger partial charge is 0.463 e. The van der Waals surface area contributed by atoms with E-state index in [1.165, 1.54) is 26.0 Å². The van der Waals surface area contributed by atoms with Gasteiger partial charge in [0.1, 0.15) is 159 Å². The fourth-order valence-electron chi connectivity index (χ4n) is 22.6. The molecule has 0 bridgehead atoms. The van der Waals surface area contributed by atoms with Gasteiger partial charge in [0.05, 0.1) is 70.2 Å². The quantitative estimate of drug-likeness (QED) is 0.0120. The van der Waals surface area contributed by atoms with Crippen molar-refractivity contribution in [2.24, 2.45) is 50.2 Å². The van der Waals surface area contributed by atoms with Crippen molar-refractivity contribution in [3.63, 3.8) is 0 Å². The molecule has 4 saturated carbocycles. The highest BCUT2D eigenvalue weighted by Gasteiger charge is 2.76. The van der Waals surface area contributed by atoms with Gasteiger partial charge in [0, 0.05) is 24.8 Å². The van der Waals surface area contributed by atoms with Gasteiger partial charge in [-0.15, -0.1) is 6.58 Å². The number of rotatable bonds is 27. The highest BCUT2D eigenvalue weighted by molar-refractivity contribution is 5.88. The van der Waals surface area contributed by atoms with E-state index < -0.39 is 354 Å². The van der Waals surface area contributed by atoms with Crippen molar-refractivity contribution in [3.8, 4) is 0 Å². The zero-order chi connectivity index (χ0) is 95.9. The molecule has 13 rings (SSSR count). The summed E-state index contributed by atoms with van der Waals surface area (Å²) >= 11 is 0. The molecular formula is C87H136O44. The molecule has 8 aliphatic heterocycles. The van der Waals surface area contributed by atoms with Gasteiger partial charge in [0.25, 0.3) is 0 Å². The van der Waals surface area contributed by atoms with E-state index in [4.69, 9.17) is 90.0 Å². The first-order valence-corrected chi connectivity index (χ1v) is 45.0. The lowest BCUT2D eigenvalue weighted by Gasteiger charge is -2.72. The zero-order valence-electron chi connectivity index (χ0n) is 75.1. The molecule has 44 heteroatoms. The molecule has 0 amide bonds. The Morgan fingerprint density at radius 2 is 1.01 bits per heavy atom. The van der Waals surface area contributed by atoms with Crippen LogP contribution in [0.25, 0.3) is 0 Å². The maximum Gasteiger partial charge on any atom is 0.333 e. The van der Waals surface area contributed by atoms with Crippen LogP contribution in [0.3, 0.4) is 0 Å². The number of aliphatic hydroxyl groups is 21. The molecule has 0 spiro atoms. The molecule has 21 N–H and O–H groups in total.